The highest BCUT2D eigenvalue weighted by atomic mass is 35.5. The Morgan fingerprint density at radius 3 is 2.55 bits per heavy atom. The minimum absolute atomic E-state index is 0.00905. The Labute approximate surface area is 359 Å². The number of para-hydroxylation sites is 1. The van der Waals surface area contributed by atoms with Gasteiger partial charge in [0.15, 0.2) is 11.6 Å². The van der Waals surface area contributed by atoms with Crippen LogP contribution in [-0.4, -0.2) is 74.8 Å². The van der Waals surface area contributed by atoms with Crippen LogP contribution in [0, 0.1) is 17.3 Å². The second kappa shape index (κ2) is 16.4. The molecule has 2 aliphatic heterocycles. The zero-order valence-electron chi connectivity index (χ0n) is 33.3. The van der Waals surface area contributed by atoms with Gasteiger partial charge in [-0.1, -0.05) is 60.9 Å². The molecule has 0 bridgehead atoms. The molecule has 3 fully saturated rings. The summed E-state index contributed by atoms with van der Waals surface area (Å²) in [6.07, 6.45) is 4.52. The van der Waals surface area contributed by atoms with Crippen LogP contribution in [0.1, 0.15) is 75.6 Å². The molecule has 2 saturated carbocycles. The molecule has 5 heterocycles. The molecular weight excluding hydrogens is 849 g/mol. The maximum atomic E-state index is 14.9. The van der Waals surface area contributed by atoms with Gasteiger partial charge in [0.2, 0.25) is 27.4 Å². The number of benzene rings is 2. The number of furan rings is 1. The molecule has 3 aromatic heterocycles. The molecule has 2 aliphatic carbocycles. The number of hydrogen-bond acceptors (Lipinski definition) is 11. The number of rotatable bonds is 8. The van der Waals surface area contributed by atoms with Crippen LogP contribution in [0.3, 0.4) is 0 Å². The summed E-state index contributed by atoms with van der Waals surface area (Å²) in [5, 5.41) is 0.186. The minimum Gasteiger partial charge on any atom is -0.470 e. The number of nitrogens with one attached hydrogen (secondary N) is 1. The van der Waals surface area contributed by atoms with Crippen molar-refractivity contribution in [2.45, 2.75) is 94.2 Å². The van der Waals surface area contributed by atoms with Gasteiger partial charge in [0, 0.05) is 42.3 Å². The van der Waals surface area contributed by atoms with Gasteiger partial charge in [-0.25, -0.2) is 23.4 Å². The molecule has 5 atom stereocenters. The van der Waals surface area contributed by atoms with Crippen molar-refractivity contribution in [3.05, 3.63) is 89.5 Å². The molecule has 1 saturated heterocycles. The number of ether oxygens (including phenoxy) is 1. The van der Waals surface area contributed by atoms with E-state index >= 15 is 0 Å². The molecule has 62 heavy (non-hydrogen) atoms. The number of nitrogens with zero attached hydrogens (tertiary/aromatic N) is 5. The van der Waals surface area contributed by atoms with E-state index in [-0.39, 0.29) is 72.1 Å². The molecule has 0 spiro atoms. The second-order valence-corrected chi connectivity index (χ2v) is 19.1. The van der Waals surface area contributed by atoms with Crippen molar-refractivity contribution in [2.24, 2.45) is 17.3 Å². The van der Waals surface area contributed by atoms with E-state index in [9.17, 15) is 36.0 Å². The summed E-state index contributed by atoms with van der Waals surface area (Å²) >= 11 is 6.21. The predicted octanol–water partition coefficient (Wildman–Crippen LogP) is 7.81. The van der Waals surface area contributed by atoms with Crippen molar-refractivity contribution in [1.29, 1.82) is 0 Å². The van der Waals surface area contributed by atoms with Gasteiger partial charge in [0.25, 0.3) is 5.88 Å². The Hall–Kier alpha value is -5.42. The largest absolute Gasteiger partial charge is 0.470 e. The topological polar surface area (TPSA) is 175 Å². The quantitative estimate of drug-likeness (QED) is 0.119. The first-order valence-electron chi connectivity index (χ1n) is 20.8. The number of fused-ring (bicyclic) bond motifs is 5. The van der Waals surface area contributed by atoms with E-state index in [1.807, 2.05) is 12.2 Å². The molecule has 0 radical (unpaired) electrons. The van der Waals surface area contributed by atoms with Gasteiger partial charge in [-0.3, -0.25) is 19.1 Å². The Bertz CT molecular complexity index is 2710. The van der Waals surface area contributed by atoms with Crippen molar-refractivity contribution in [2.75, 3.05) is 6.54 Å². The lowest BCUT2D eigenvalue weighted by Gasteiger charge is -2.29. The van der Waals surface area contributed by atoms with Crippen LogP contribution in [0.2, 0.25) is 5.15 Å². The second-order valence-electron chi connectivity index (χ2n) is 16.7. The zero-order chi connectivity index (χ0) is 43.4. The maximum Gasteiger partial charge on any atom is 0.416 e. The van der Waals surface area contributed by atoms with Gasteiger partial charge in [-0.15, -0.1) is 0 Å². The number of aromatic nitrogens is 4. The highest BCUT2D eigenvalue weighted by molar-refractivity contribution is 7.90. The molecule has 1 N–H and O–H groups in total. The summed E-state index contributed by atoms with van der Waals surface area (Å²) in [4.78, 5) is 63.0. The normalized spacial score (nSPS) is 25.5. The fourth-order valence-corrected chi connectivity index (χ4v) is 10.3. The number of hydrogen-bond donors (Lipinski definition) is 1. The van der Waals surface area contributed by atoms with Gasteiger partial charge in [0.1, 0.15) is 28.2 Å². The number of halogens is 4. The van der Waals surface area contributed by atoms with Gasteiger partial charge < -0.3 is 14.1 Å². The Kier molecular flexibility index (Phi) is 11.1. The van der Waals surface area contributed by atoms with Gasteiger partial charge >= 0.3 is 6.18 Å². The molecule has 324 valence electrons. The maximum absolute atomic E-state index is 14.9. The molecule has 9 rings (SSSR count). The molecule has 2 aromatic carbocycles. The highest BCUT2D eigenvalue weighted by Gasteiger charge is 2.61. The smallest absolute Gasteiger partial charge is 0.416 e. The molecule has 2 amide bonds. The van der Waals surface area contributed by atoms with Crippen LogP contribution in [0.5, 0.6) is 5.88 Å². The van der Waals surface area contributed by atoms with Crippen LogP contribution < -0.4 is 9.46 Å². The SMILES string of the molecule is O=C1C[C@]2(C(=O)NS(=O)(=O)C3CC3)C[C@H]2/C=C\CCCCC[C@H](Cc2nccc(Cl)n2)C(=O)N2C[C@H](Oc3nc(-c4ccc(C(F)(F)F)cc4)nc4c3oc3ccccc34)C[C@@H]12. The first-order valence-corrected chi connectivity index (χ1v) is 22.7. The fourth-order valence-electron chi connectivity index (χ4n) is 8.75. The number of alkyl halides is 3. The zero-order valence-corrected chi connectivity index (χ0v) is 34.9. The first kappa shape index (κ1) is 41.9. The molecule has 18 heteroatoms. The van der Waals surface area contributed by atoms with E-state index in [0.717, 1.165) is 25.0 Å². The fraction of sp³-hybridized carbons (Fsp3) is 0.432. The van der Waals surface area contributed by atoms with E-state index in [1.165, 1.54) is 29.3 Å². The average molecular weight is 891 g/mol. The lowest BCUT2D eigenvalue weighted by molar-refractivity contribution is -0.142. The van der Waals surface area contributed by atoms with E-state index < -0.39 is 62.2 Å². The summed E-state index contributed by atoms with van der Waals surface area (Å²) in [6, 6.07) is 12.0. The summed E-state index contributed by atoms with van der Waals surface area (Å²) < 4.78 is 81.4. The lowest BCUT2D eigenvalue weighted by Crippen LogP contribution is -2.46. The lowest BCUT2D eigenvalue weighted by atomic mass is 9.90. The monoisotopic (exact) mass is 890 g/mol. The van der Waals surface area contributed by atoms with Gasteiger partial charge in [-0.05, 0) is 74.8 Å². The van der Waals surface area contributed by atoms with E-state index in [2.05, 4.69) is 24.7 Å². The van der Waals surface area contributed by atoms with E-state index in [1.54, 1.807) is 24.3 Å². The van der Waals surface area contributed by atoms with Crippen molar-refractivity contribution in [3.8, 4) is 17.3 Å². The molecular formula is C44H42ClF3N6O7S. The van der Waals surface area contributed by atoms with E-state index in [4.69, 9.17) is 20.8 Å². The average Bonchev–Trinajstić information content (AvgIpc) is 4.14. The van der Waals surface area contributed by atoms with Crippen LogP contribution in [0.4, 0.5) is 13.2 Å². The highest BCUT2D eigenvalue weighted by Crippen LogP contribution is 2.57. The van der Waals surface area contributed by atoms with Crippen molar-refractivity contribution in [1.82, 2.24) is 29.6 Å². The Balaban J connectivity index is 1.07. The van der Waals surface area contributed by atoms with Crippen LogP contribution >= 0.6 is 11.6 Å². The Morgan fingerprint density at radius 2 is 1.79 bits per heavy atom. The van der Waals surface area contributed by atoms with Crippen LogP contribution in [0.25, 0.3) is 33.5 Å². The van der Waals surface area contributed by atoms with Gasteiger partial charge in [0.05, 0.1) is 28.8 Å². The molecule has 13 nitrogen and oxygen atoms in total. The number of sulfonamides is 1. The third-order valence-corrected chi connectivity index (χ3v) is 14.4. The van der Waals surface area contributed by atoms with Crippen molar-refractivity contribution in [3.63, 3.8) is 0 Å². The Morgan fingerprint density at radius 1 is 1.00 bits per heavy atom. The predicted molar refractivity (Wildman–Crippen MR) is 221 cm³/mol. The number of amides is 2. The summed E-state index contributed by atoms with van der Waals surface area (Å²) in [5.41, 5.74) is -0.896. The van der Waals surface area contributed by atoms with E-state index in [0.29, 0.717) is 54.4 Å². The number of ketones is 1. The molecule has 4 aliphatic rings. The first-order chi connectivity index (χ1) is 29.7. The minimum atomic E-state index is -4.55. The van der Waals surface area contributed by atoms with Crippen LogP contribution in [0.15, 0.2) is 77.4 Å². The van der Waals surface area contributed by atoms with Gasteiger partial charge in [-0.2, -0.15) is 18.2 Å². The number of carbonyl (C=O) groups is 3. The molecule has 5 aromatic rings. The molecule has 0 unspecified atom stereocenters. The summed E-state index contributed by atoms with van der Waals surface area (Å²) in [7, 11) is -3.91. The summed E-state index contributed by atoms with van der Waals surface area (Å²) in [5.74, 6) is -2.11. The van der Waals surface area contributed by atoms with Crippen molar-refractivity contribution < 1.29 is 45.1 Å². The number of carbonyl (C=O) groups excluding carboxylic acids is 3. The summed E-state index contributed by atoms with van der Waals surface area (Å²) in [6.45, 7) is -0.0674. The van der Waals surface area contributed by atoms with Crippen LogP contribution in [-0.2, 0) is 37.0 Å². The van der Waals surface area contributed by atoms with Crippen molar-refractivity contribution >= 4 is 61.3 Å². The third kappa shape index (κ3) is 8.52. The standard InChI is InChI=1S/C44H42ClF3N6O7S/c45-35-18-19-49-36(50-35)20-26-8-4-2-1-3-5-9-28-22-43(28,42(57)53-62(58,59)30-16-17-30)23-33(55)32-21-29(24-54(32)41(26)56)60-40-38-37(31-10-6-7-11-34(31)61-38)51-39(52-40)25-12-14-27(15-13-25)44(46,47)48/h5-7,9-15,18-19,26,28-30,32H,1-4,8,16-17,20-24H2,(H,53,57)/b9-5-/t26-,28-,29-,32+,43-/m1/s1. The number of allylic oxidation sites excluding steroid dienone is 2. The third-order valence-electron chi connectivity index (χ3n) is 12.4. The number of Topliss-reactive ketones (excluding diaryl/α,β-unsaturated/α-hetero) is 1.